The highest BCUT2D eigenvalue weighted by Gasteiger charge is 2.19. The number of alkyl halides is 3. The lowest BCUT2D eigenvalue weighted by Gasteiger charge is -2.16. The van der Waals surface area contributed by atoms with Gasteiger partial charge in [-0.3, -0.25) is 0 Å². The lowest BCUT2D eigenvalue weighted by Crippen LogP contribution is -2.06. The van der Waals surface area contributed by atoms with Crippen LogP contribution in [0.1, 0.15) is 18.9 Å². The molecule has 1 aromatic carbocycles. The van der Waals surface area contributed by atoms with E-state index in [1.807, 2.05) is 0 Å². The molecule has 0 aliphatic heterocycles. The summed E-state index contributed by atoms with van der Waals surface area (Å²) in [5, 5.41) is 0. The second kappa shape index (κ2) is 7.17. The minimum Gasteiger partial charge on any atom is -0.435 e. The number of allylic oxidation sites excluding steroid dienone is 4. The van der Waals surface area contributed by atoms with Gasteiger partial charge in [0.2, 0.25) is 0 Å². The van der Waals surface area contributed by atoms with Crippen molar-refractivity contribution in [3.05, 3.63) is 52.9 Å². The van der Waals surface area contributed by atoms with E-state index < -0.39 is 19.1 Å². The Morgan fingerprint density at radius 1 is 1.23 bits per heavy atom. The summed E-state index contributed by atoms with van der Waals surface area (Å²) in [6, 6.07) is 5.87. The van der Waals surface area contributed by atoms with Crippen molar-refractivity contribution in [2.24, 2.45) is 5.92 Å². The van der Waals surface area contributed by atoms with Gasteiger partial charge in [-0.25, -0.2) is 8.78 Å². The topological polar surface area (TPSA) is 9.23 Å². The fraction of sp³-hybridized carbons (Fsp3) is 0.294. The van der Waals surface area contributed by atoms with Crippen molar-refractivity contribution in [3.8, 4) is 17.6 Å². The summed E-state index contributed by atoms with van der Waals surface area (Å²) in [6.45, 7) is -2.05. The summed E-state index contributed by atoms with van der Waals surface area (Å²) in [5.41, 5.74) is 1.28. The first-order valence-electron chi connectivity index (χ1n) is 6.71. The van der Waals surface area contributed by atoms with Gasteiger partial charge >= 0.3 is 6.61 Å². The molecular formula is C17H14F4O. The van der Waals surface area contributed by atoms with Crippen LogP contribution in [0.4, 0.5) is 17.6 Å². The van der Waals surface area contributed by atoms with E-state index in [9.17, 15) is 17.6 Å². The number of ether oxygens (including phenoxy) is 1. The van der Waals surface area contributed by atoms with Crippen LogP contribution in [0.5, 0.6) is 5.75 Å². The Bertz CT molecular complexity index is 647. The quantitative estimate of drug-likeness (QED) is 0.575. The minimum atomic E-state index is -2.87. The molecule has 1 aliphatic carbocycles. The SMILES string of the molecule is CC1CC(C#Cc2ccc(OC(F)F)cc2)=CC(CF)=C1F. The smallest absolute Gasteiger partial charge is 0.387 e. The molecule has 1 unspecified atom stereocenters. The molecule has 0 saturated carbocycles. The van der Waals surface area contributed by atoms with Gasteiger partial charge in [-0.2, -0.15) is 8.78 Å². The Balaban J connectivity index is 2.13. The van der Waals surface area contributed by atoms with Crippen LogP contribution in [-0.2, 0) is 0 Å². The van der Waals surface area contributed by atoms with Crippen LogP contribution in [0.2, 0.25) is 0 Å². The Kier molecular flexibility index (Phi) is 5.26. The molecule has 0 heterocycles. The molecule has 0 radical (unpaired) electrons. The first-order valence-corrected chi connectivity index (χ1v) is 6.71. The predicted molar refractivity (Wildman–Crippen MR) is 75.9 cm³/mol. The highest BCUT2D eigenvalue weighted by atomic mass is 19.3. The van der Waals surface area contributed by atoms with Crippen LogP contribution >= 0.6 is 0 Å². The van der Waals surface area contributed by atoms with Crippen molar-refractivity contribution in [1.29, 1.82) is 0 Å². The molecule has 0 fully saturated rings. The third-order valence-corrected chi connectivity index (χ3v) is 3.20. The standard InChI is InChI=1S/C17H14F4O/c1-11-8-13(9-14(10-18)16(11)19)3-2-12-4-6-15(7-5-12)22-17(20)21/h4-7,9,11,17H,8,10H2,1H3. The van der Waals surface area contributed by atoms with Crippen molar-refractivity contribution in [2.45, 2.75) is 20.0 Å². The fourth-order valence-electron chi connectivity index (χ4n) is 2.14. The first-order chi connectivity index (χ1) is 10.5. The number of hydrogen-bond donors (Lipinski definition) is 0. The Labute approximate surface area is 126 Å². The highest BCUT2D eigenvalue weighted by molar-refractivity contribution is 5.47. The van der Waals surface area contributed by atoms with Crippen molar-refractivity contribution in [1.82, 2.24) is 0 Å². The molecule has 0 bridgehead atoms. The number of halogens is 4. The molecule has 1 nitrogen and oxygen atoms in total. The number of rotatable bonds is 3. The summed E-state index contributed by atoms with van der Waals surface area (Å²) in [7, 11) is 0. The van der Waals surface area contributed by atoms with Crippen molar-refractivity contribution in [2.75, 3.05) is 6.67 Å². The van der Waals surface area contributed by atoms with Crippen LogP contribution in [0.25, 0.3) is 0 Å². The average molecular weight is 310 g/mol. The zero-order valence-corrected chi connectivity index (χ0v) is 11.9. The zero-order valence-electron chi connectivity index (χ0n) is 11.9. The van der Waals surface area contributed by atoms with Crippen LogP contribution in [0.3, 0.4) is 0 Å². The monoisotopic (exact) mass is 310 g/mol. The first kappa shape index (κ1) is 16.2. The van der Waals surface area contributed by atoms with Gasteiger partial charge in [0.05, 0.1) is 0 Å². The third-order valence-electron chi connectivity index (χ3n) is 3.20. The van der Waals surface area contributed by atoms with Crippen molar-refractivity contribution >= 4 is 0 Å². The van der Waals surface area contributed by atoms with E-state index in [0.29, 0.717) is 17.6 Å². The van der Waals surface area contributed by atoms with Gasteiger partial charge in [0.1, 0.15) is 18.3 Å². The second-order valence-corrected chi connectivity index (χ2v) is 4.93. The lowest BCUT2D eigenvalue weighted by molar-refractivity contribution is -0.0498. The lowest BCUT2D eigenvalue weighted by atomic mass is 9.91. The van der Waals surface area contributed by atoms with E-state index in [0.717, 1.165) is 0 Å². The van der Waals surface area contributed by atoms with E-state index in [1.165, 1.54) is 18.2 Å². The molecule has 1 aliphatic rings. The van der Waals surface area contributed by atoms with Crippen LogP contribution in [0.15, 0.2) is 47.3 Å². The second-order valence-electron chi connectivity index (χ2n) is 4.93. The molecule has 0 aromatic heterocycles. The largest absolute Gasteiger partial charge is 0.435 e. The molecule has 1 aromatic rings. The third kappa shape index (κ3) is 4.14. The van der Waals surface area contributed by atoms with Crippen LogP contribution in [-0.4, -0.2) is 13.3 Å². The maximum absolute atomic E-state index is 13.6. The Morgan fingerprint density at radius 3 is 2.50 bits per heavy atom. The molecular weight excluding hydrogens is 296 g/mol. The van der Waals surface area contributed by atoms with Gasteiger partial charge in [0.15, 0.2) is 0 Å². The van der Waals surface area contributed by atoms with Crippen LogP contribution in [0, 0.1) is 17.8 Å². The van der Waals surface area contributed by atoms with E-state index >= 15 is 0 Å². The van der Waals surface area contributed by atoms with Gasteiger partial charge in [-0.1, -0.05) is 18.8 Å². The summed E-state index contributed by atoms with van der Waals surface area (Å²) in [6.07, 6.45) is 1.84. The highest BCUT2D eigenvalue weighted by Crippen LogP contribution is 2.30. The summed E-state index contributed by atoms with van der Waals surface area (Å²) >= 11 is 0. The van der Waals surface area contributed by atoms with Gasteiger partial charge < -0.3 is 4.74 Å². The Hall–Kier alpha value is -2.22. The van der Waals surface area contributed by atoms with E-state index in [-0.39, 0.29) is 17.2 Å². The minimum absolute atomic E-state index is 0.0312. The molecule has 0 amide bonds. The van der Waals surface area contributed by atoms with Crippen LogP contribution < -0.4 is 4.74 Å². The molecule has 0 N–H and O–H groups in total. The average Bonchev–Trinajstić information content (AvgIpc) is 2.49. The molecule has 0 saturated heterocycles. The zero-order chi connectivity index (χ0) is 16.1. The number of benzene rings is 1. The summed E-state index contributed by atoms with van der Waals surface area (Å²) in [4.78, 5) is 0. The van der Waals surface area contributed by atoms with E-state index in [1.54, 1.807) is 19.1 Å². The molecule has 116 valence electrons. The molecule has 5 heteroatoms. The van der Waals surface area contributed by atoms with E-state index in [4.69, 9.17) is 0 Å². The summed E-state index contributed by atoms with van der Waals surface area (Å²) in [5.74, 6) is 4.95. The molecule has 1 atom stereocenters. The molecule has 0 spiro atoms. The predicted octanol–water partition coefficient (Wildman–Crippen LogP) is 4.80. The van der Waals surface area contributed by atoms with Gasteiger partial charge in [0.25, 0.3) is 0 Å². The van der Waals surface area contributed by atoms with Crippen molar-refractivity contribution in [3.63, 3.8) is 0 Å². The molecule has 22 heavy (non-hydrogen) atoms. The Morgan fingerprint density at radius 2 is 1.91 bits per heavy atom. The van der Waals surface area contributed by atoms with Gasteiger partial charge in [-0.05, 0) is 36.8 Å². The maximum Gasteiger partial charge on any atom is 0.387 e. The van der Waals surface area contributed by atoms with Crippen molar-refractivity contribution < 1.29 is 22.3 Å². The van der Waals surface area contributed by atoms with E-state index in [2.05, 4.69) is 16.6 Å². The van der Waals surface area contributed by atoms with Gasteiger partial charge in [-0.15, -0.1) is 0 Å². The fourth-order valence-corrected chi connectivity index (χ4v) is 2.14. The molecule has 2 rings (SSSR count). The van der Waals surface area contributed by atoms with Gasteiger partial charge in [0, 0.05) is 22.6 Å². The maximum atomic E-state index is 13.6. The number of hydrogen-bond acceptors (Lipinski definition) is 1. The normalized spacial score (nSPS) is 17.9. The summed E-state index contributed by atoms with van der Waals surface area (Å²) < 4.78 is 54.6.